The molecular weight excluding hydrogens is 176 g/mol. The van der Waals surface area contributed by atoms with E-state index in [1.807, 2.05) is 0 Å². The van der Waals surface area contributed by atoms with E-state index in [-0.39, 0.29) is 0 Å². The number of nitrogens with one attached hydrogen (secondary N) is 1. The zero-order chi connectivity index (χ0) is 9.38. The van der Waals surface area contributed by atoms with Crippen LogP contribution in [-0.2, 0) is 0 Å². The Morgan fingerprint density at radius 1 is 1.36 bits per heavy atom. The van der Waals surface area contributed by atoms with Crippen LogP contribution in [0.4, 0.5) is 11.6 Å². The van der Waals surface area contributed by atoms with Gasteiger partial charge in [0.25, 0.3) is 0 Å². The van der Waals surface area contributed by atoms with Crippen LogP contribution in [0.2, 0.25) is 0 Å². The number of rotatable bonds is 0. The van der Waals surface area contributed by atoms with Crippen molar-refractivity contribution in [2.45, 2.75) is 31.7 Å². The van der Waals surface area contributed by atoms with Gasteiger partial charge in [0.15, 0.2) is 0 Å². The molecule has 0 aromatic carbocycles. The van der Waals surface area contributed by atoms with Gasteiger partial charge in [-0.05, 0) is 25.7 Å². The second kappa shape index (κ2) is 3.23. The fraction of sp³-hybridized carbons (Fsp3) is 0.636. The molecule has 14 heavy (non-hydrogen) atoms. The van der Waals surface area contributed by atoms with E-state index in [1.54, 1.807) is 6.26 Å². The molecular formula is C11H16N2O. The summed E-state index contributed by atoms with van der Waals surface area (Å²) in [5, 5.41) is 3.35. The van der Waals surface area contributed by atoms with Crippen molar-refractivity contribution in [3.05, 3.63) is 12.3 Å². The fourth-order valence-corrected chi connectivity index (χ4v) is 2.63. The third-order valence-electron chi connectivity index (χ3n) is 3.34. The van der Waals surface area contributed by atoms with Gasteiger partial charge in [-0.1, -0.05) is 0 Å². The first-order valence-corrected chi connectivity index (χ1v) is 5.53. The quantitative estimate of drug-likeness (QED) is 0.684. The average Bonchev–Trinajstić information content (AvgIpc) is 2.61. The molecule has 0 amide bonds. The van der Waals surface area contributed by atoms with Gasteiger partial charge < -0.3 is 14.6 Å². The van der Waals surface area contributed by atoms with Gasteiger partial charge in [-0.2, -0.15) is 0 Å². The lowest BCUT2D eigenvalue weighted by atomic mass is 9.99. The number of piperidine rings is 1. The standard InChI is InChI=1S/C11H16N2O/c1-2-7-13-9(3-1)4-6-12-11-10(13)5-8-14-11/h5,8-9,12H,1-4,6-7H2. The summed E-state index contributed by atoms with van der Waals surface area (Å²) in [6.07, 6.45) is 7.07. The van der Waals surface area contributed by atoms with Gasteiger partial charge in [0.05, 0.1) is 6.26 Å². The van der Waals surface area contributed by atoms with E-state index in [1.165, 1.54) is 37.9 Å². The Morgan fingerprint density at radius 2 is 2.36 bits per heavy atom. The van der Waals surface area contributed by atoms with Crippen LogP contribution in [0.5, 0.6) is 0 Å². The van der Waals surface area contributed by atoms with Crippen LogP contribution in [0.3, 0.4) is 0 Å². The molecule has 2 aliphatic rings. The van der Waals surface area contributed by atoms with E-state index in [9.17, 15) is 0 Å². The molecule has 3 heterocycles. The molecule has 0 radical (unpaired) electrons. The molecule has 1 aromatic heterocycles. The number of furan rings is 1. The molecule has 1 unspecified atom stereocenters. The van der Waals surface area contributed by atoms with Crippen molar-refractivity contribution in [3.63, 3.8) is 0 Å². The third-order valence-corrected chi connectivity index (χ3v) is 3.34. The van der Waals surface area contributed by atoms with Crippen molar-refractivity contribution >= 4 is 11.6 Å². The van der Waals surface area contributed by atoms with Crippen LogP contribution in [0.25, 0.3) is 0 Å². The highest BCUT2D eigenvalue weighted by Crippen LogP contribution is 2.35. The molecule has 3 rings (SSSR count). The number of nitrogens with zero attached hydrogens (tertiary/aromatic N) is 1. The maximum atomic E-state index is 5.43. The van der Waals surface area contributed by atoms with E-state index < -0.39 is 0 Å². The monoisotopic (exact) mass is 192 g/mol. The molecule has 2 aliphatic heterocycles. The zero-order valence-corrected chi connectivity index (χ0v) is 8.33. The SMILES string of the molecule is c1cc2c(o1)NCCC1CCCCN21. The minimum absolute atomic E-state index is 0.732. The molecule has 3 heteroatoms. The van der Waals surface area contributed by atoms with Crippen molar-refractivity contribution in [2.24, 2.45) is 0 Å². The molecule has 76 valence electrons. The van der Waals surface area contributed by atoms with Crippen molar-refractivity contribution in [1.82, 2.24) is 0 Å². The summed E-state index contributed by atoms with van der Waals surface area (Å²) in [4.78, 5) is 2.52. The summed E-state index contributed by atoms with van der Waals surface area (Å²) in [6.45, 7) is 2.24. The first-order valence-electron chi connectivity index (χ1n) is 5.53. The van der Waals surface area contributed by atoms with Crippen LogP contribution >= 0.6 is 0 Å². The molecule has 0 saturated carbocycles. The molecule has 3 nitrogen and oxygen atoms in total. The summed E-state index contributed by atoms with van der Waals surface area (Å²) >= 11 is 0. The highest BCUT2D eigenvalue weighted by Gasteiger charge is 2.27. The van der Waals surface area contributed by atoms with Crippen molar-refractivity contribution in [2.75, 3.05) is 23.3 Å². The minimum atomic E-state index is 0.732. The zero-order valence-electron chi connectivity index (χ0n) is 8.33. The van der Waals surface area contributed by atoms with Crippen molar-refractivity contribution in [3.8, 4) is 0 Å². The van der Waals surface area contributed by atoms with Crippen LogP contribution in [0.1, 0.15) is 25.7 Å². The largest absolute Gasteiger partial charge is 0.447 e. The highest BCUT2D eigenvalue weighted by atomic mass is 16.3. The topological polar surface area (TPSA) is 28.4 Å². The maximum Gasteiger partial charge on any atom is 0.216 e. The molecule has 1 saturated heterocycles. The molecule has 1 N–H and O–H groups in total. The lowest BCUT2D eigenvalue weighted by Crippen LogP contribution is -2.39. The summed E-state index contributed by atoms with van der Waals surface area (Å²) in [6, 6.07) is 2.82. The van der Waals surface area contributed by atoms with Gasteiger partial charge in [0.1, 0.15) is 5.69 Å². The Balaban J connectivity index is 1.96. The Hall–Kier alpha value is -1.12. The highest BCUT2D eigenvalue weighted by molar-refractivity contribution is 5.65. The Kier molecular flexibility index (Phi) is 1.89. The maximum absolute atomic E-state index is 5.43. The molecule has 0 bridgehead atoms. The van der Waals surface area contributed by atoms with Gasteiger partial charge >= 0.3 is 0 Å². The lowest BCUT2D eigenvalue weighted by Gasteiger charge is -2.35. The van der Waals surface area contributed by atoms with Crippen LogP contribution in [0, 0.1) is 0 Å². The molecule has 1 fully saturated rings. The molecule has 1 aromatic rings. The van der Waals surface area contributed by atoms with E-state index in [0.29, 0.717) is 0 Å². The number of anilines is 2. The van der Waals surface area contributed by atoms with Crippen LogP contribution in [0.15, 0.2) is 16.7 Å². The van der Waals surface area contributed by atoms with Gasteiger partial charge in [-0.15, -0.1) is 0 Å². The van der Waals surface area contributed by atoms with Gasteiger partial charge in [-0.25, -0.2) is 0 Å². The number of fused-ring (bicyclic) bond motifs is 3. The second-order valence-electron chi connectivity index (χ2n) is 4.19. The van der Waals surface area contributed by atoms with E-state index in [0.717, 1.165) is 18.5 Å². The Bertz CT molecular complexity index is 321. The number of hydrogen-bond acceptors (Lipinski definition) is 3. The Morgan fingerprint density at radius 3 is 3.36 bits per heavy atom. The lowest BCUT2D eigenvalue weighted by molar-refractivity contribution is 0.450. The average molecular weight is 192 g/mol. The smallest absolute Gasteiger partial charge is 0.216 e. The summed E-state index contributed by atoms with van der Waals surface area (Å²) < 4.78 is 5.43. The molecule has 0 aliphatic carbocycles. The minimum Gasteiger partial charge on any atom is -0.447 e. The van der Waals surface area contributed by atoms with Crippen LogP contribution in [-0.4, -0.2) is 19.1 Å². The Labute approximate surface area is 84.1 Å². The van der Waals surface area contributed by atoms with Crippen LogP contribution < -0.4 is 10.2 Å². The molecule has 1 atom stereocenters. The second-order valence-corrected chi connectivity index (χ2v) is 4.19. The van der Waals surface area contributed by atoms with Gasteiger partial charge in [-0.3, -0.25) is 0 Å². The fourth-order valence-electron chi connectivity index (χ4n) is 2.63. The predicted octanol–water partition coefficient (Wildman–Crippen LogP) is 2.45. The normalized spacial score (nSPS) is 26.0. The van der Waals surface area contributed by atoms with Crippen molar-refractivity contribution < 1.29 is 4.42 Å². The van der Waals surface area contributed by atoms with Gasteiger partial charge in [0.2, 0.25) is 5.88 Å². The van der Waals surface area contributed by atoms with E-state index in [4.69, 9.17) is 4.42 Å². The summed E-state index contributed by atoms with van der Waals surface area (Å²) in [7, 11) is 0. The predicted molar refractivity (Wildman–Crippen MR) is 56.8 cm³/mol. The van der Waals surface area contributed by atoms with E-state index >= 15 is 0 Å². The number of hydrogen-bond donors (Lipinski definition) is 1. The summed E-state index contributed by atoms with van der Waals surface area (Å²) in [5.41, 5.74) is 1.27. The first kappa shape index (κ1) is 8.21. The third kappa shape index (κ3) is 1.19. The van der Waals surface area contributed by atoms with Gasteiger partial charge in [0, 0.05) is 25.2 Å². The summed E-state index contributed by atoms with van der Waals surface area (Å²) in [5.74, 6) is 0.967. The van der Waals surface area contributed by atoms with Crippen molar-refractivity contribution in [1.29, 1.82) is 0 Å². The molecule has 0 spiro atoms. The van der Waals surface area contributed by atoms with E-state index in [2.05, 4.69) is 16.3 Å². The first-order chi connectivity index (χ1) is 6.95.